The van der Waals surface area contributed by atoms with Gasteiger partial charge in [-0.15, -0.1) is 0 Å². The summed E-state index contributed by atoms with van der Waals surface area (Å²) in [6.45, 7) is 1.74. The van der Waals surface area contributed by atoms with E-state index in [1.165, 1.54) is 0 Å². The number of halogens is 2. The minimum Gasteiger partial charge on any atom is -0.479 e. The Bertz CT molecular complexity index is 379. The molecule has 14 heavy (non-hydrogen) atoms. The number of aliphatic carboxylic acids is 1. The molecule has 0 saturated carbocycles. The van der Waals surface area contributed by atoms with Crippen molar-refractivity contribution in [2.24, 2.45) is 0 Å². The summed E-state index contributed by atoms with van der Waals surface area (Å²) in [5.74, 6) is -1.28. The molecule has 5 heteroatoms. The smallest absolute Gasteiger partial charge is 0.337 e. The molecule has 1 aromatic rings. The van der Waals surface area contributed by atoms with Gasteiger partial charge in [0.1, 0.15) is 0 Å². The first kappa shape index (κ1) is 11.5. The van der Waals surface area contributed by atoms with Gasteiger partial charge in [-0.3, -0.25) is 0 Å². The van der Waals surface area contributed by atoms with Crippen molar-refractivity contribution in [3.05, 3.63) is 32.8 Å². The largest absolute Gasteiger partial charge is 0.479 e. The van der Waals surface area contributed by atoms with Crippen LogP contribution in [0.5, 0.6) is 0 Å². The van der Waals surface area contributed by atoms with Crippen LogP contribution >= 0.6 is 27.5 Å². The van der Waals surface area contributed by atoms with Crippen molar-refractivity contribution in [3.63, 3.8) is 0 Å². The topological polar surface area (TPSA) is 57.5 Å². The van der Waals surface area contributed by atoms with Crippen molar-refractivity contribution in [3.8, 4) is 0 Å². The molecule has 0 amide bonds. The van der Waals surface area contributed by atoms with Gasteiger partial charge in [-0.2, -0.15) is 0 Å². The molecule has 0 spiro atoms. The SMILES string of the molecule is Cc1cc(C(O)C(=O)O)c(Br)cc1Cl. The lowest BCUT2D eigenvalue weighted by atomic mass is 10.1. The second-order valence-corrected chi connectivity index (χ2v) is 4.13. The number of benzene rings is 1. The van der Waals surface area contributed by atoms with Gasteiger partial charge in [0.15, 0.2) is 6.10 Å². The zero-order chi connectivity index (χ0) is 10.9. The molecule has 0 aliphatic rings. The fourth-order valence-corrected chi connectivity index (χ4v) is 1.88. The Morgan fingerprint density at radius 1 is 1.57 bits per heavy atom. The van der Waals surface area contributed by atoms with E-state index in [1.807, 2.05) is 0 Å². The minimum atomic E-state index is -1.53. The van der Waals surface area contributed by atoms with Crippen LogP contribution in [0.15, 0.2) is 16.6 Å². The van der Waals surface area contributed by atoms with Crippen LogP contribution in [0.1, 0.15) is 17.2 Å². The number of rotatable bonds is 2. The third-order valence-corrected chi connectivity index (χ3v) is 2.90. The number of hydrogen-bond acceptors (Lipinski definition) is 2. The van der Waals surface area contributed by atoms with E-state index in [-0.39, 0.29) is 0 Å². The van der Waals surface area contributed by atoms with E-state index in [9.17, 15) is 9.90 Å². The lowest BCUT2D eigenvalue weighted by Crippen LogP contribution is -2.11. The van der Waals surface area contributed by atoms with E-state index in [0.717, 1.165) is 5.56 Å². The highest BCUT2D eigenvalue weighted by atomic mass is 79.9. The number of hydrogen-bond donors (Lipinski definition) is 2. The van der Waals surface area contributed by atoms with Crippen molar-refractivity contribution >= 4 is 33.5 Å². The molecule has 0 bridgehead atoms. The van der Waals surface area contributed by atoms with Crippen molar-refractivity contribution in [2.75, 3.05) is 0 Å². The van der Waals surface area contributed by atoms with E-state index in [4.69, 9.17) is 16.7 Å². The average Bonchev–Trinajstić information content (AvgIpc) is 2.10. The number of carboxylic acid groups (broad SMARTS) is 1. The molecule has 0 heterocycles. The molecule has 0 fully saturated rings. The highest BCUT2D eigenvalue weighted by molar-refractivity contribution is 9.10. The Balaban J connectivity index is 3.22. The van der Waals surface area contributed by atoms with Crippen LogP contribution < -0.4 is 0 Å². The van der Waals surface area contributed by atoms with Gasteiger partial charge < -0.3 is 10.2 Å². The Hall–Kier alpha value is -0.580. The average molecular weight is 280 g/mol. The van der Waals surface area contributed by atoms with Gasteiger partial charge in [-0.05, 0) is 18.6 Å². The fraction of sp³-hybridized carbons (Fsp3) is 0.222. The van der Waals surface area contributed by atoms with Crippen LogP contribution in [0.25, 0.3) is 0 Å². The Morgan fingerprint density at radius 2 is 2.14 bits per heavy atom. The number of aliphatic hydroxyl groups excluding tert-OH is 1. The molecule has 1 unspecified atom stereocenters. The zero-order valence-electron chi connectivity index (χ0n) is 7.29. The van der Waals surface area contributed by atoms with E-state index in [1.54, 1.807) is 19.1 Å². The minimum absolute atomic E-state index is 0.305. The van der Waals surface area contributed by atoms with Gasteiger partial charge in [-0.25, -0.2) is 4.79 Å². The van der Waals surface area contributed by atoms with Crippen LogP contribution in [0, 0.1) is 6.92 Å². The van der Waals surface area contributed by atoms with Crippen molar-refractivity contribution < 1.29 is 15.0 Å². The molecule has 76 valence electrons. The van der Waals surface area contributed by atoms with Gasteiger partial charge in [0.2, 0.25) is 0 Å². The standard InChI is InChI=1S/C9H8BrClO3/c1-4-2-5(8(12)9(13)14)6(10)3-7(4)11/h2-3,8,12H,1H3,(H,13,14). The van der Waals surface area contributed by atoms with Crippen LogP contribution in [-0.4, -0.2) is 16.2 Å². The first-order chi connectivity index (χ1) is 6.43. The monoisotopic (exact) mass is 278 g/mol. The molecule has 0 aliphatic heterocycles. The molecule has 0 radical (unpaired) electrons. The van der Waals surface area contributed by atoms with Crippen LogP contribution in [-0.2, 0) is 4.79 Å². The maximum atomic E-state index is 10.5. The summed E-state index contributed by atoms with van der Waals surface area (Å²) < 4.78 is 0.489. The summed E-state index contributed by atoms with van der Waals surface area (Å²) in [6, 6.07) is 3.11. The summed E-state index contributed by atoms with van der Waals surface area (Å²) in [5.41, 5.74) is 1.03. The molecular weight excluding hydrogens is 271 g/mol. The lowest BCUT2D eigenvalue weighted by Gasteiger charge is -2.10. The highest BCUT2D eigenvalue weighted by Gasteiger charge is 2.19. The van der Waals surface area contributed by atoms with Crippen molar-refractivity contribution in [2.45, 2.75) is 13.0 Å². The number of carboxylic acids is 1. The van der Waals surface area contributed by atoms with Gasteiger partial charge in [0.25, 0.3) is 0 Å². The highest BCUT2D eigenvalue weighted by Crippen LogP contribution is 2.29. The van der Waals surface area contributed by atoms with E-state index >= 15 is 0 Å². The fourth-order valence-electron chi connectivity index (χ4n) is 1.02. The van der Waals surface area contributed by atoms with Gasteiger partial charge in [0.05, 0.1) is 0 Å². The van der Waals surface area contributed by atoms with E-state index < -0.39 is 12.1 Å². The molecule has 0 saturated heterocycles. The molecule has 0 aromatic heterocycles. The quantitative estimate of drug-likeness (QED) is 0.874. The molecule has 1 rings (SSSR count). The molecule has 1 aromatic carbocycles. The molecule has 1 atom stereocenters. The third kappa shape index (κ3) is 2.26. The summed E-state index contributed by atoms with van der Waals surface area (Å²) in [6.07, 6.45) is -1.53. The van der Waals surface area contributed by atoms with Crippen LogP contribution in [0.3, 0.4) is 0 Å². The van der Waals surface area contributed by atoms with Crippen LogP contribution in [0.4, 0.5) is 0 Å². The predicted molar refractivity (Wildman–Crippen MR) is 56.5 cm³/mol. The van der Waals surface area contributed by atoms with E-state index in [2.05, 4.69) is 15.9 Å². The van der Waals surface area contributed by atoms with Crippen molar-refractivity contribution in [1.82, 2.24) is 0 Å². The van der Waals surface area contributed by atoms with Gasteiger partial charge in [0, 0.05) is 15.1 Å². The summed E-state index contributed by atoms with van der Waals surface area (Å²) in [7, 11) is 0. The van der Waals surface area contributed by atoms with E-state index in [0.29, 0.717) is 15.1 Å². The first-order valence-electron chi connectivity index (χ1n) is 3.80. The van der Waals surface area contributed by atoms with Gasteiger partial charge >= 0.3 is 5.97 Å². The van der Waals surface area contributed by atoms with Gasteiger partial charge in [-0.1, -0.05) is 33.6 Å². The Labute approximate surface area is 94.4 Å². The molecular formula is C9H8BrClO3. The predicted octanol–water partition coefficient (Wildman–Crippen LogP) is 2.53. The number of aliphatic hydroxyl groups is 1. The Morgan fingerprint density at radius 3 is 2.64 bits per heavy atom. The summed E-state index contributed by atoms with van der Waals surface area (Å²) in [4.78, 5) is 10.5. The normalized spacial score (nSPS) is 12.6. The molecule has 2 N–H and O–H groups in total. The first-order valence-corrected chi connectivity index (χ1v) is 4.97. The second-order valence-electron chi connectivity index (χ2n) is 2.86. The maximum absolute atomic E-state index is 10.5. The summed E-state index contributed by atoms with van der Waals surface area (Å²) in [5, 5.41) is 18.5. The zero-order valence-corrected chi connectivity index (χ0v) is 9.63. The maximum Gasteiger partial charge on any atom is 0.337 e. The summed E-state index contributed by atoms with van der Waals surface area (Å²) >= 11 is 8.95. The second kappa shape index (κ2) is 4.29. The van der Waals surface area contributed by atoms with Crippen LogP contribution in [0.2, 0.25) is 5.02 Å². The van der Waals surface area contributed by atoms with Crippen molar-refractivity contribution in [1.29, 1.82) is 0 Å². The lowest BCUT2D eigenvalue weighted by molar-refractivity contribution is -0.147. The number of carbonyl (C=O) groups is 1. The molecule has 0 aliphatic carbocycles. The molecule has 3 nitrogen and oxygen atoms in total. The number of aryl methyl sites for hydroxylation is 1. The third-order valence-electron chi connectivity index (χ3n) is 1.81. The Kier molecular flexibility index (Phi) is 3.53.